The fraction of sp³-hybridized carbons (Fsp3) is 0.133. The van der Waals surface area contributed by atoms with E-state index in [2.05, 4.69) is 5.32 Å². The Morgan fingerprint density at radius 3 is 2.64 bits per heavy atom. The Morgan fingerprint density at radius 2 is 1.95 bits per heavy atom. The first-order chi connectivity index (χ1) is 10.5. The third-order valence-corrected chi connectivity index (χ3v) is 3.18. The number of hydrogen-bond acceptors (Lipinski definition) is 4. The molecule has 22 heavy (non-hydrogen) atoms. The van der Waals surface area contributed by atoms with Crippen molar-refractivity contribution < 1.29 is 24.0 Å². The topological polar surface area (TPSA) is 78.8 Å². The molecule has 2 aromatic rings. The molecule has 0 saturated heterocycles. The Hall–Kier alpha value is -2.38. The number of amides is 1. The van der Waals surface area contributed by atoms with E-state index in [9.17, 15) is 9.18 Å². The number of halogens is 1. The summed E-state index contributed by atoms with van der Waals surface area (Å²) in [4.78, 5) is 12.1. The molecule has 5 nitrogen and oxygen atoms in total. The number of benzene rings is 2. The molecule has 0 saturated carbocycles. The van der Waals surface area contributed by atoms with Crippen LogP contribution in [0.15, 0.2) is 42.5 Å². The molecule has 2 rings (SSSR count). The highest BCUT2D eigenvalue weighted by molar-refractivity contribution is 6.58. The normalized spacial score (nSPS) is 10.2. The highest BCUT2D eigenvalue weighted by Gasteiger charge is 2.21. The van der Waals surface area contributed by atoms with Gasteiger partial charge in [-0.3, -0.25) is 4.79 Å². The zero-order valence-electron chi connectivity index (χ0n) is 11.9. The lowest BCUT2D eigenvalue weighted by Gasteiger charge is -2.11. The van der Waals surface area contributed by atoms with Crippen LogP contribution in [-0.2, 0) is 6.54 Å². The molecule has 0 bridgehead atoms. The third kappa shape index (κ3) is 3.44. The fourth-order valence-corrected chi connectivity index (χ4v) is 2.04. The van der Waals surface area contributed by atoms with Crippen LogP contribution in [0.25, 0.3) is 0 Å². The highest BCUT2D eigenvalue weighted by Crippen LogP contribution is 2.17. The van der Waals surface area contributed by atoms with Crippen LogP contribution in [0.4, 0.5) is 4.39 Å². The molecule has 0 spiro atoms. The predicted octanol–water partition coefficient (Wildman–Crippen LogP) is 0.444. The van der Waals surface area contributed by atoms with E-state index in [0.29, 0.717) is 5.75 Å². The maximum absolute atomic E-state index is 14.0. The highest BCUT2D eigenvalue weighted by atomic mass is 19.1. The summed E-state index contributed by atoms with van der Waals surface area (Å²) in [7, 11) is -0.450. The molecule has 1 amide bonds. The summed E-state index contributed by atoms with van der Waals surface area (Å²) in [6.45, 7) is 0.161. The van der Waals surface area contributed by atoms with Gasteiger partial charge in [-0.25, -0.2) is 4.39 Å². The van der Waals surface area contributed by atoms with Gasteiger partial charge in [0.1, 0.15) is 11.6 Å². The molecule has 114 valence electrons. The monoisotopic (exact) mass is 303 g/mol. The van der Waals surface area contributed by atoms with Crippen LogP contribution >= 0.6 is 0 Å². The molecule has 0 radical (unpaired) electrons. The molecule has 0 aromatic heterocycles. The second kappa shape index (κ2) is 7.06. The molecular weight excluding hydrogens is 288 g/mol. The number of carbonyl (C=O) groups is 1. The van der Waals surface area contributed by atoms with Crippen LogP contribution in [0.2, 0.25) is 0 Å². The van der Waals surface area contributed by atoms with Crippen molar-refractivity contribution in [2.24, 2.45) is 0 Å². The summed E-state index contributed by atoms with van der Waals surface area (Å²) in [5.41, 5.74) is 0.155. The van der Waals surface area contributed by atoms with Crippen LogP contribution in [0.5, 0.6) is 5.75 Å². The lowest BCUT2D eigenvalue weighted by Crippen LogP contribution is -2.35. The van der Waals surface area contributed by atoms with E-state index in [1.807, 2.05) is 0 Å². The van der Waals surface area contributed by atoms with Gasteiger partial charge in [-0.05, 0) is 12.1 Å². The Kier molecular flexibility index (Phi) is 5.14. The molecule has 7 heteroatoms. The lowest BCUT2D eigenvalue weighted by atomic mass is 9.79. The molecule has 3 N–H and O–H groups in total. The van der Waals surface area contributed by atoms with Gasteiger partial charge in [0.05, 0.1) is 12.7 Å². The number of hydrogen-bond donors (Lipinski definition) is 3. The minimum atomic E-state index is -1.97. The number of nitrogens with one attached hydrogen (secondary N) is 1. The van der Waals surface area contributed by atoms with E-state index in [1.54, 1.807) is 24.3 Å². The van der Waals surface area contributed by atoms with Gasteiger partial charge < -0.3 is 20.1 Å². The minimum absolute atomic E-state index is 0.161. The summed E-state index contributed by atoms with van der Waals surface area (Å²) in [5.74, 6) is -0.983. The van der Waals surface area contributed by atoms with Crippen molar-refractivity contribution in [3.8, 4) is 5.75 Å². The van der Waals surface area contributed by atoms with Gasteiger partial charge >= 0.3 is 7.12 Å². The van der Waals surface area contributed by atoms with Crippen LogP contribution < -0.4 is 15.5 Å². The Balaban J connectivity index is 2.15. The van der Waals surface area contributed by atoms with Crippen LogP contribution in [-0.4, -0.2) is 30.2 Å². The number of para-hydroxylation sites is 1. The van der Waals surface area contributed by atoms with Crippen LogP contribution in [0, 0.1) is 5.82 Å². The van der Waals surface area contributed by atoms with Crippen molar-refractivity contribution in [3.63, 3.8) is 0 Å². The third-order valence-electron chi connectivity index (χ3n) is 3.18. The molecule has 0 aliphatic carbocycles. The molecule has 0 aliphatic heterocycles. The van der Waals surface area contributed by atoms with Gasteiger partial charge in [0.25, 0.3) is 5.91 Å². The van der Waals surface area contributed by atoms with Gasteiger partial charge in [-0.1, -0.05) is 30.3 Å². The maximum Gasteiger partial charge on any atom is 0.491 e. The van der Waals surface area contributed by atoms with E-state index in [4.69, 9.17) is 14.8 Å². The number of methoxy groups -OCH3 is 1. The molecular formula is C15H15BFNO4. The Morgan fingerprint density at radius 1 is 1.23 bits per heavy atom. The zero-order chi connectivity index (χ0) is 16.1. The van der Waals surface area contributed by atoms with Gasteiger partial charge in [0.15, 0.2) is 0 Å². The first-order valence-electron chi connectivity index (χ1n) is 6.59. The van der Waals surface area contributed by atoms with Gasteiger partial charge in [-0.15, -0.1) is 0 Å². The van der Waals surface area contributed by atoms with E-state index in [-0.39, 0.29) is 17.6 Å². The number of ether oxygens (including phenoxy) is 1. The largest absolute Gasteiger partial charge is 0.496 e. The SMILES string of the molecule is COc1ccccc1CNC(=O)c1cccc(B(O)O)c1F. The predicted molar refractivity (Wildman–Crippen MR) is 80.4 cm³/mol. The standard InChI is InChI=1S/C15H15BFNO4/c1-22-13-8-3-2-5-10(13)9-18-15(19)11-6-4-7-12(14(11)17)16(20)21/h2-8,20-21H,9H2,1H3,(H,18,19). The minimum Gasteiger partial charge on any atom is -0.496 e. The summed E-state index contributed by atoms with van der Waals surface area (Å²) in [5, 5.41) is 20.7. The average molecular weight is 303 g/mol. The quantitative estimate of drug-likeness (QED) is 0.701. The van der Waals surface area contributed by atoms with E-state index in [0.717, 1.165) is 5.56 Å². The first kappa shape index (κ1) is 16.0. The summed E-state index contributed by atoms with van der Waals surface area (Å²) >= 11 is 0. The molecule has 0 unspecified atom stereocenters. The summed E-state index contributed by atoms with van der Waals surface area (Å²) in [6, 6.07) is 11.0. The van der Waals surface area contributed by atoms with Crippen molar-refractivity contribution in [1.82, 2.24) is 5.32 Å². The lowest BCUT2D eigenvalue weighted by molar-refractivity contribution is 0.0947. The smallest absolute Gasteiger partial charge is 0.491 e. The molecule has 0 fully saturated rings. The summed E-state index contributed by atoms with van der Waals surface area (Å²) < 4.78 is 19.2. The van der Waals surface area contributed by atoms with Gasteiger partial charge in [-0.2, -0.15) is 0 Å². The first-order valence-corrected chi connectivity index (χ1v) is 6.59. The maximum atomic E-state index is 14.0. The number of carbonyl (C=O) groups excluding carboxylic acids is 1. The Bertz CT molecular complexity index is 678. The molecule has 0 aliphatic rings. The van der Waals surface area contributed by atoms with E-state index >= 15 is 0 Å². The van der Waals surface area contributed by atoms with Gasteiger partial charge in [0.2, 0.25) is 0 Å². The molecule has 0 heterocycles. The average Bonchev–Trinajstić information content (AvgIpc) is 2.52. The number of rotatable bonds is 5. The van der Waals surface area contributed by atoms with E-state index in [1.165, 1.54) is 25.3 Å². The zero-order valence-corrected chi connectivity index (χ0v) is 11.9. The summed E-state index contributed by atoms with van der Waals surface area (Å²) in [6.07, 6.45) is 0. The fourth-order valence-electron chi connectivity index (χ4n) is 2.04. The molecule has 0 atom stereocenters. The second-order valence-electron chi connectivity index (χ2n) is 4.58. The van der Waals surface area contributed by atoms with Crippen molar-refractivity contribution in [2.75, 3.05) is 7.11 Å². The van der Waals surface area contributed by atoms with Gasteiger partial charge in [0, 0.05) is 17.6 Å². The Labute approximate surface area is 127 Å². The second-order valence-corrected chi connectivity index (χ2v) is 4.58. The van der Waals surface area contributed by atoms with Crippen molar-refractivity contribution in [2.45, 2.75) is 6.54 Å². The van der Waals surface area contributed by atoms with Crippen molar-refractivity contribution in [1.29, 1.82) is 0 Å². The van der Waals surface area contributed by atoms with Crippen LogP contribution in [0.3, 0.4) is 0 Å². The van der Waals surface area contributed by atoms with Crippen molar-refractivity contribution in [3.05, 3.63) is 59.4 Å². The van der Waals surface area contributed by atoms with E-state index < -0.39 is 18.8 Å². The van der Waals surface area contributed by atoms with Crippen molar-refractivity contribution >= 4 is 18.5 Å². The molecule has 2 aromatic carbocycles. The van der Waals surface area contributed by atoms with Crippen LogP contribution in [0.1, 0.15) is 15.9 Å².